The number of carbonyl (C=O) groups excluding carboxylic acids is 3. The summed E-state index contributed by atoms with van der Waals surface area (Å²) < 4.78 is 11.1. The zero-order valence-electron chi connectivity index (χ0n) is 27.6. The summed E-state index contributed by atoms with van der Waals surface area (Å²) in [5, 5.41) is 19.9. The smallest absolute Gasteiger partial charge is 0.269 e. The van der Waals surface area contributed by atoms with Gasteiger partial charge in [0.15, 0.2) is 5.82 Å². The maximum atomic E-state index is 12.2. The van der Waals surface area contributed by atoms with Gasteiger partial charge in [0, 0.05) is 45.2 Å². The Morgan fingerprint density at radius 1 is 1.04 bits per heavy atom. The summed E-state index contributed by atoms with van der Waals surface area (Å²) in [5.41, 5.74) is 7.43. The second-order valence-corrected chi connectivity index (χ2v) is 11.3. The number of ether oxygens (including phenoxy) is 2. The summed E-state index contributed by atoms with van der Waals surface area (Å²) in [6.45, 7) is 4.03. The molecule has 0 saturated heterocycles. The summed E-state index contributed by atoms with van der Waals surface area (Å²) in [6, 6.07) is 16.1. The van der Waals surface area contributed by atoms with Gasteiger partial charge in [0.05, 0.1) is 37.4 Å². The highest BCUT2D eigenvalue weighted by Crippen LogP contribution is 2.37. The third-order valence-corrected chi connectivity index (χ3v) is 7.58. The van der Waals surface area contributed by atoms with Crippen molar-refractivity contribution in [2.45, 2.75) is 32.8 Å². The Balaban J connectivity index is 0.000000294. The minimum atomic E-state index is -0.0714. The number of carbonyl (C=O) groups is 3. The van der Waals surface area contributed by atoms with Gasteiger partial charge in [-0.25, -0.2) is 0 Å². The molecule has 0 unspecified atom stereocenters. The van der Waals surface area contributed by atoms with Gasteiger partial charge >= 0.3 is 0 Å². The number of methoxy groups -OCH3 is 1. The van der Waals surface area contributed by atoms with Gasteiger partial charge in [-0.2, -0.15) is 5.10 Å². The van der Waals surface area contributed by atoms with Crippen molar-refractivity contribution in [2.24, 2.45) is 5.92 Å². The van der Waals surface area contributed by atoms with E-state index in [0.717, 1.165) is 55.0 Å². The number of hydrogen-bond acceptors (Lipinski definition) is 9. The first-order chi connectivity index (χ1) is 22.7. The zero-order chi connectivity index (χ0) is 33.8. The molecule has 2 aliphatic heterocycles. The maximum Gasteiger partial charge on any atom is 0.269 e. The summed E-state index contributed by atoms with van der Waals surface area (Å²) in [6.07, 6.45) is 7.26. The van der Waals surface area contributed by atoms with E-state index in [2.05, 4.69) is 55.7 Å². The van der Waals surface area contributed by atoms with Crippen molar-refractivity contribution in [3.05, 3.63) is 88.8 Å². The second-order valence-electron chi connectivity index (χ2n) is 11.3. The van der Waals surface area contributed by atoms with E-state index in [4.69, 9.17) is 14.3 Å². The summed E-state index contributed by atoms with van der Waals surface area (Å²) >= 11 is 0. The Hall–Kier alpha value is -5.23. The lowest BCUT2D eigenvalue weighted by Gasteiger charge is -2.22. The SMILES string of the molecule is CNC=O.COc1c(Nc2cc(NC(=O)C3CC3)nnc2C)cccc1C1=CC=C(C(=O)N(C)C)NC1.c1ccc2c(c1)CCOC2. The van der Waals surface area contributed by atoms with Crippen LogP contribution >= 0.6 is 0 Å². The fourth-order valence-electron chi connectivity index (χ4n) is 4.84. The van der Waals surface area contributed by atoms with E-state index in [1.807, 2.05) is 31.2 Å². The van der Waals surface area contributed by atoms with Crippen molar-refractivity contribution in [3.8, 4) is 5.75 Å². The van der Waals surface area contributed by atoms with Crippen molar-refractivity contribution >= 4 is 41.0 Å². The summed E-state index contributed by atoms with van der Waals surface area (Å²) in [7, 11) is 6.63. The normalized spacial score (nSPS) is 14.5. The first kappa shape index (κ1) is 34.6. The molecular formula is C35H43N7O5. The molecule has 3 amide bonds. The minimum absolute atomic E-state index is 0.0180. The molecule has 4 N–H and O–H groups in total. The number of anilines is 3. The number of para-hydroxylation sites is 1. The molecule has 3 heterocycles. The molecule has 0 bridgehead atoms. The molecule has 1 fully saturated rings. The van der Waals surface area contributed by atoms with Crippen LogP contribution in [0.5, 0.6) is 5.75 Å². The third-order valence-electron chi connectivity index (χ3n) is 7.58. The molecule has 3 aromatic rings. The number of amides is 3. The van der Waals surface area contributed by atoms with Crippen molar-refractivity contribution < 1.29 is 23.9 Å². The lowest BCUT2D eigenvalue weighted by atomic mass is 10.0. The monoisotopic (exact) mass is 641 g/mol. The van der Waals surface area contributed by atoms with Crippen molar-refractivity contribution in [1.82, 2.24) is 25.7 Å². The Kier molecular flexibility index (Phi) is 12.5. The van der Waals surface area contributed by atoms with Gasteiger partial charge in [-0.05, 0) is 55.0 Å². The number of aromatic nitrogens is 2. The van der Waals surface area contributed by atoms with Gasteiger partial charge in [-0.3, -0.25) is 14.4 Å². The molecule has 12 nitrogen and oxygen atoms in total. The summed E-state index contributed by atoms with van der Waals surface area (Å²) in [4.78, 5) is 34.9. The minimum Gasteiger partial charge on any atom is -0.494 e. The van der Waals surface area contributed by atoms with Crippen molar-refractivity contribution in [2.75, 3.05) is 52.0 Å². The standard InChI is InChI=1S/C24H28N6O3.C9H10O.C2H5NO/c1-14-20(12-21(29-28-14)27-23(31)15-8-9-15)26-18-7-5-6-17(22(18)33-4)16-10-11-19(25-13-16)24(32)30(2)3;1-2-4-9-7-10-6-5-8(9)3-1;1-3-2-4/h5-7,10-12,15,25H,8-9,13H2,1-4H3,(H2,26,27,29,31);1-4H,5-7H2;2H,1H3,(H,3,4). The molecule has 0 atom stereocenters. The topological polar surface area (TPSA) is 147 Å². The van der Waals surface area contributed by atoms with E-state index in [-0.39, 0.29) is 17.7 Å². The molecule has 1 saturated carbocycles. The van der Waals surface area contributed by atoms with E-state index < -0.39 is 0 Å². The highest BCUT2D eigenvalue weighted by molar-refractivity contribution is 5.95. The first-order valence-corrected chi connectivity index (χ1v) is 15.5. The number of likely N-dealkylation sites (N-methyl/N-ethyl adjacent to an activating group) is 1. The van der Waals surface area contributed by atoms with E-state index in [1.165, 1.54) is 16.0 Å². The first-order valence-electron chi connectivity index (χ1n) is 15.5. The Labute approximate surface area is 275 Å². The van der Waals surface area contributed by atoms with Gasteiger partial charge in [-0.1, -0.05) is 42.5 Å². The number of benzene rings is 2. The largest absolute Gasteiger partial charge is 0.494 e. The molecular weight excluding hydrogens is 598 g/mol. The fraction of sp³-hybridized carbons (Fsp3) is 0.343. The van der Waals surface area contributed by atoms with E-state index in [9.17, 15) is 9.59 Å². The summed E-state index contributed by atoms with van der Waals surface area (Å²) in [5.74, 6) is 1.08. The van der Waals surface area contributed by atoms with Crippen LogP contribution in [0.3, 0.4) is 0 Å². The van der Waals surface area contributed by atoms with Crippen LogP contribution in [0.2, 0.25) is 0 Å². The predicted octanol–water partition coefficient (Wildman–Crippen LogP) is 3.97. The average molecular weight is 642 g/mol. The average Bonchev–Trinajstić information content (AvgIpc) is 3.96. The number of aryl methyl sites for hydroxylation is 1. The highest BCUT2D eigenvalue weighted by Gasteiger charge is 2.30. The highest BCUT2D eigenvalue weighted by atomic mass is 16.5. The van der Waals surface area contributed by atoms with E-state index >= 15 is 0 Å². The molecule has 248 valence electrons. The Morgan fingerprint density at radius 3 is 2.40 bits per heavy atom. The molecule has 0 spiro atoms. The number of dihydropyridines is 1. The van der Waals surface area contributed by atoms with Crippen LogP contribution in [0.25, 0.3) is 5.57 Å². The lowest BCUT2D eigenvalue weighted by molar-refractivity contribution is -0.125. The van der Waals surface area contributed by atoms with Gasteiger partial charge in [0.2, 0.25) is 12.3 Å². The van der Waals surface area contributed by atoms with E-state index in [1.54, 1.807) is 40.4 Å². The molecule has 0 radical (unpaired) electrons. The number of allylic oxidation sites excluding steroid dienone is 2. The van der Waals surface area contributed by atoms with Crippen LogP contribution in [0, 0.1) is 12.8 Å². The molecule has 1 aromatic heterocycles. The molecule has 2 aromatic carbocycles. The van der Waals surface area contributed by atoms with Crippen LogP contribution < -0.4 is 26.0 Å². The van der Waals surface area contributed by atoms with E-state index in [0.29, 0.717) is 35.9 Å². The molecule has 12 heteroatoms. The Morgan fingerprint density at radius 2 is 1.79 bits per heavy atom. The number of hydrogen-bond donors (Lipinski definition) is 4. The van der Waals surface area contributed by atoms with Crippen LogP contribution in [0.15, 0.2) is 66.4 Å². The molecule has 3 aliphatic rings. The quantitative estimate of drug-likeness (QED) is 0.269. The third kappa shape index (κ3) is 9.63. The van der Waals surface area contributed by atoms with Gasteiger partial charge < -0.3 is 35.6 Å². The molecule has 6 rings (SSSR count). The van der Waals surface area contributed by atoms with Gasteiger partial charge in [-0.15, -0.1) is 5.10 Å². The van der Waals surface area contributed by atoms with Gasteiger partial charge in [0.25, 0.3) is 5.91 Å². The lowest BCUT2D eigenvalue weighted by Crippen LogP contribution is -2.33. The molecule has 1 aliphatic carbocycles. The predicted molar refractivity (Wildman–Crippen MR) is 182 cm³/mol. The number of nitrogens with one attached hydrogen (secondary N) is 4. The maximum absolute atomic E-state index is 12.2. The van der Waals surface area contributed by atoms with Crippen LogP contribution in [-0.2, 0) is 32.1 Å². The second kappa shape index (κ2) is 16.9. The zero-order valence-corrected chi connectivity index (χ0v) is 27.6. The van der Waals surface area contributed by atoms with Gasteiger partial charge in [0.1, 0.15) is 11.4 Å². The van der Waals surface area contributed by atoms with Crippen molar-refractivity contribution in [3.63, 3.8) is 0 Å². The van der Waals surface area contributed by atoms with Crippen LogP contribution in [-0.4, -0.2) is 74.7 Å². The fourth-order valence-corrected chi connectivity index (χ4v) is 4.84. The van der Waals surface area contributed by atoms with Crippen LogP contribution in [0.4, 0.5) is 17.2 Å². The molecule has 47 heavy (non-hydrogen) atoms. The Bertz CT molecular complexity index is 1610. The van der Waals surface area contributed by atoms with Crippen molar-refractivity contribution in [1.29, 1.82) is 0 Å². The number of fused-ring (bicyclic) bond motifs is 1. The number of rotatable bonds is 8. The number of nitrogens with zero attached hydrogens (tertiary/aromatic N) is 3. The van der Waals surface area contributed by atoms with Crippen LogP contribution in [0.1, 0.15) is 35.2 Å².